The summed E-state index contributed by atoms with van der Waals surface area (Å²) in [6.45, 7) is 1.85. The molecule has 5 nitrogen and oxygen atoms in total. The van der Waals surface area contributed by atoms with E-state index in [2.05, 4.69) is 25.1 Å². The molecule has 0 amide bonds. The second-order valence-corrected chi connectivity index (χ2v) is 5.43. The molecule has 0 saturated heterocycles. The van der Waals surface area contributed by atoms with Crippen LogP contribution >= 0.6 is 34.7 Å². The molecule has 0 spiro atoms. The van der Waals surface area contributed by atoms with Crippen molar-refractivity contribution >= 4 is 44.9 Å². The van der Waals surface area contributed by atoms with Gasteiger partial charge in [-0.1, -0.05) is 0 Å². The normalized spacial score (nSPS) is 11.2. The molecule has 0 aliphatic rings. The van der Waals surface area contributed by atoms with Gasteiger partial charge in [0, 0.05) is 5.39 Å². The first-order valence-electron chi connectivity index (χ1n) is 4.70. The number of nitrogens with zero attached hydrogens (tertiary/aromatic N) is 4. The average Bonchev–Trinajstić information content (AvgIpc) is 2.87. The molecule has 3 aromatic heterocycles. The van der Waals surface area contributed by atoms with Crippen LogP contribution in [0, 0.1) is 6.92 Å². The molecule has 1 N–H and O–H groups in total. The number of aryl methyl sites for hydroxylation is 1. The maximum absolute atomic E-state index is 5.87. The molecule has 17 heavy (non-hydrogen) atoms. The van der Waals surface area contributed by atoms with Crippen LogP contribution < -0.4 is 0 Å². The summed E-state index contributed by atoms with van der Waals surface area (Å²) in [5.41, 5.74) is 0. The van der Waals surface area contributed by atoms with Crippen LogP contribution in [0.1, 0.15) is 5.82 Å². The lowest BCUT2D eigenvalue weighted by molar-refractivity contribution is 0.965. The molecule has 3 aromatic rings. The van der Waals surface area contributed by atoms with Crippen LogP contribution in [0.2, 0.25) is 5.28 Å². The summed E-state index contributed by atoms with van der Waals surface area (Å²) >= 11 is 8.78. The van der Waals surface area contributed by atoms with E-state index in [-0.39, 0.29) is 5.28 Å². The number of hydrogen-bond acceptors (Lipinski definition) is 6. The van der Waals surface area contributed by atoms with Crippen LogP contribution in [0.3, 0.4) is 0 Å². The smallest absolute Gasteiger partial charge is 0.224 e. The van der Waals surface area contributed by atoms with E-state index in [0.717, 1.165) is 21.1 Å². The lowest BCUT2D eigenvalue weighted by atomic mass is 10.4. The number of nitrogens with one attached hydrogen (secondary N) is 1. The first-order valence-corrected chi connectivity index (χ1v) is 6.77. The number of aromatic nitrogens is 5. The first kappa shape index (κ1) is 10.9. The highest BCUT2D eigenvalue weighted by Gasteiger charge is 2.11. The fraction of sp³-hybridized carbons (Fsp3) is 0.111. The van der Waals surface area contributed by atoms with Crippen LogP contribution in [0.4, 0.5) is 0 Å². The zero-order chi connectivity index (χ0) is 11.8. The lowest BCUT2D eigenvalue weighted by Crippen LogP contribution is -1.87. The van der Waals surface area contributed by atoms with Crippen LogP contribution in [-0.4, -0.2) is 25.1 Å². The van der Waals surface area contributed by atoms with E-state index < -0.39 is 0 Å². The minimum absolute atomic E-state index is 0.245. The second kappa shape index (κ2) is 4.25. The zero-order valence-electron chi connectivity index (χ0n) is 8.64. The fourth-order valence-corrected chi connectivity index (χ4v) is 3.29. The molecule has 0 aliphatic heterocycles. The van der Waals surface area contributed by atoms with Crippen molar-refractivity contribution in [2.24, 2.45) is 0 Å². The molecule has 3 rings (SSSR count). The van der Waals surface area contributed by atoms with Gasteiger partial charge in [0.15, 0.2) is 0 Å². The van der Waals surface area contributed by atoms with Gasteiger partial charge >= 0.3 is 0 Å². The highest BCUT2D eigenvalue weighted by Crippen LogP contribution is 2.32. The maximum atomic E-state index is 5.87. The van der Waals surface area contributed by atoms with Gasteiger partial charge in [-0.3, -0.25) is 5.10 Å². The predicted octanol–water partition coefficient (Wildman–Crippen LogP) is 2.92. The van der Waals surface area contributed by atoms with Crippen molar-refractivity contribution in [3.63, 3.8) is 0 Å². The van der Waals surface area contributed by atoms with E-state index in [9.17, 15) is 0 Å². The monoisotopic (exact) mass is 283 g/mol. The third-order valence-electron chi connectivity index (χ3n) is 2.03. The third-order valence-corrected chi connectivity index (χ3v) is 3.87. The number of halogens is 1. The number of rotatable bonds is 2. The lowest BCUT2D eigenvalue weighted by Gasteiger charge is -1.98. The Morgan fingerprint density at radius 3 is 3.00 bits per heavy atom. The zero-order valence-corrected chi connectivity index (χ0v) is 11.0. The fourth-order valence-electron chi connectivity index (χ4n) is 1.34. The Labute approximate surface area is 110 Å². The molecule has 0 atom stereocenters. The molecular formula is C9H6ClN5S2. The highest BCUT2D eigenvalue weighted by molar-refractivity contribution is 7.99. The summed E-state index contributed by atoms with van der Waals surface area (Å²) in [5.74, 6) is 0.772. The summed E-state index contributed by atoms with van der Waals surface area (Å²) in [6, 6.07) is 1.97. The van der Waals surface area contributed by atoms with Crippen molar-refractivity contribution in [1.29, 1.82) is 0 Å². The Morgan fingerprint density at radius 2 is 2.24 bits per heavy atom. The molecule has 0 saturated carbocycles. The Balaban J connectivity index is 2.07. The Hall–Kier alpha value is -1.18. The molecular weight excluding hydrogens is 278 g/mol. The summed E-state index contributed by atoms with van der Waals surface area (Å²) < 4.78 is 0. The minimum atomic E-state index is 0.245. The molecule has 0 bridgehead atoms. The van der Waals surface area contributed by atoms with Gasteiger partial charge in [-0.2, -0.15) is 0 Å². The van der Waals surface area contributed by atoms with E-state index in [1.165, 1.54) is 23.1 Å². The second-order valence-electron chi connectivity index (χ2n) is 3.24. The Kier molecular flexibility index (Phi) is 2.73. The maximum Gasteiger partial charge on any atom is 0.224 e. The molecule has 8 heteroatoms. The molecule has 0 aromatic carbocycles. The summed E-state index contributed by atoms with van der Waals surface area (Å²) in [7, 11) is 0. The van der Waals surface area contributed by atoms with Crippen LogP contribution in [0.5, 0.6) is 0 Å². The molecule has 0 fully saturated rings. The standard InChI is InChI=1S/C9H6ClN5S2/c1-4-11-9(15-14-4)17-7-5-2-3-16-6(5)12-8(10)13-7/h2-3H,1H3,(H,11,14,15). The summed E-state index contributed by atoms with van der Waals surface area (Å²) in [6.07, 6.45) is 0. The van der Waals surface area contributed by atoms with Gasteiger partial charge in [0.1, 0.15) is 15.7 Å². The topological polar surface area (TPSA) is 67.3 Å². The number of fused-ring (bicyclic) bond motifs is 1. The van der Waals surface area contributed by atoms with Crippen molar-refractivity contribution in [2.75, 3.05) is 0 Å². The van der Waals surface area contributed by atoms with Crippen LogP contribution in [-0.2, 0) is 0 Å². The van der Waals surface area contributed by atoms with Crippen molar-refractivity contribution in [3.8, 4) is 0 Å². The largest absolute Gasteiger partial charge is 0.262 e. The molecule has 0 radical (unpaired) electrons. The van der Waals surface area contributed by atoms with Gasteiger partial charge in [0.05, 0.1) is 0 Å². The van der Waals surface area contributed by atoms with E-state index in [1.807, 2.05) is 18.4 Å². The van der Waals surface area contributed by atoms with Gasteiger partial charge in [-0.15, -0.1) is 16.4 Å². The van der Waals surface area contributed by atoms with E-state index in [4.69, 9.17) is 11.6 Å². The van der Waals surface area contributed by atoms with E-state index in [1.54, 1.807) is 0 Å². The SMILES string of the molecule is Cc1nc(Sc2nc(Cl)nc3sccc23)n[nH]1. The van der Waals surface area contributed by atoms with Crippen molar-refractivity contribution in [3.05, 3.63) is 22.6 Å². The molecule has 0 aliphatic carbocycles. The van der Waals surface area contributed by atoms with Crippen molar-refractivity contribution in [1.82, 2.24) is 25.1 Å². The van der Waals surface area contributed by atoms with E-state index >= 15 is 0 Å². The first-order chi connectivity index (χ1) is 8.22. The quantitative estimate of drug-likeness (QED) is 0.578. The van der Waals surface area contributed by atoms with Crippen molar-refractivity contribution in [2.45, 2.75) is 17.1 Å². The van der Waals surface area contributed by atoms with Crippen molar-refractivity contribution < 1.29 is 0 Å². The third kappa shape index (κ3) is 2.13. The van der Waals surface area contributed by atoms with Gasteiger partial charge in [-0.25, -0.2) is 15.0 Å². The summed E-state index contributed by atoms with van der Waals surface area (Å²) in [5, 5.41) is 11.4. The predicted molar refractivity (Wildman–Crippen MR) is 67.7 cm³/mol. The number of thiophene rings is 1. The van der Waals surface area contributed by atoms with Gasteiger partial charge in [0.2, 0.25) is 10.4 Å². The number of hydrogen-bond donors (Lipinski definition) is 1. The van der Waals surface area contributed by atoms with Gasteiger partial charge < -0.3 is 0 Å². The van der Waals surface area contributed by atoms with Crippen LogP contribution in [0.15, 0.2) is 21.6 Å². The Morgan fingerprint density at radius 1 is 1.35 bits per heavy atom. The molecule has 0 unspecified atom stereocenters. The number of H-pyrrole nitrogens is 1. The van der Waals surface area contributed by atoms with Crippen LogP contribution in [0.25, 0.3) is 10.2 Å². The van der Waals surface area contributed by atoms with Gasteiger partial charge in [-0.05, 0) is 41.7 Å². The number of aromatic amines is 1. The summed E-state index contributed by atoms with van der Waals surface area (Å²) in [4.78, 5) is 13.5. The highest BCUT2D eigenvalue weighted by atomic mass is 35.5. The Bertz CT molecular complexity index is 677. The molecule has 3 heterocycles. The van der Waals surface area contributed by atoms with Gasteiger partial charge in [0.25, 0.3) is 0 Å². The van der Waals surface area contributed by atoms with E-state index in [0.29, 0.717) is 5.16 Å². The minimum Gasteiger partial charge on any atom is -0.262 e. The average molecular weight is 284 g/mol. The molecule has 86 valence electrons.